The van der Waals surface area contributed by atoms with E-state index in [9.17, 15) is 9.59 Å². The molecule has 0 aliphatic carbocycles. The van der Waals surface area contributed by atoms with Gasteiger partial charge in [-0.15, -0.1) is 0 Å². The first-order chi connectivity index (χ1) is 10.6. The molecular weight excluding hydrogens is 346 g/mol. The SMILES string of the molecule is COC(=O)c1cccc(NC(=O)/C=C/c2ccccc2Br)c1. The van der Waals surface area contributed by atoms with Gasteiger partial charge in [0.05, 0.1) is 12.7 Å². The Bertz CT molecular complexity index is 725. The van der Waals surface area contributed by atoms with Crippen LogP contribution in [-0.2, 0) is 9.53 Å². The maximum Gasteiger partial charge on any atom is 0.337 e. The quantitative estimate of drug-likeness (QED) is 0.665. The van der Waals surface area contributed by atoms with Crippen LogP contribution in [0, 0.1) is 0 Å². The summed E-state index contributed by atoms with van der Waals surface area (Å²) >= 11 is 3.41. The Hall–Kier alpha value is -2.40. The topological polar surface area (TPSA) is 55.4 Å². The Morgan fingerprint density at radius 1 is 1.14 bits per heavy atom. The van der Waals surface area contributed by atoms with Crippen LogP contribution in [0.1, 0.15) is 15.9 Å². The van der Waals surface area contributed by atoms with Crippen LogP contribution in [0.25, 0.3) is 6.08 Å². The summed E-state index contributed by atoms with van der Waals surface area (Å²) in [7, 11) is 1.31. The lowest BCUT2D eigenvalue weighted by molar-refractivity contribution is -0.111. The monoisotopic (exact) mass is 359 g/mol. The van der Waals surface area contributed by atoms with E-state index in [0.29, 0.717) is 11.3 Å². The molecule has 0 aliphatic heterocycles. The van der Waals surface area contributed by atoms with Gasteiger partial charge >= 0.3 is 5.97 Å². The van der Waals surface area contributed by atoms with Crippen molar-refractivity contribution in [1.29, 1.82) is 0 Å². The molecule has 2 rings (SSSR count). The minimum absolute atomic E-state index is 0.280. The Morgan fingerprint density at radius 3 is 2.64 bits per heavy atom. The van der Waals surface area contributed by atoms with Gasteiger partial charge in [0.1, 0.15) is 0 Å². The highest BCUT2D eigenvalue weighted by atomic mass is 79.9. The number of halogens is 1. The number of anilines is 1. The first-order valence-corrected chi connectivity index (χ1v) is 7.31. The molecule has 0 heterocycles. The van der Waals surface area contributed by atoms with Crippen molar-refractivity contribution in [3.8, 4) is 0 Å². The number of benzene rings is 2. The van der Waals surface area contributed by atoms with Crippen LogP contribution in [0.5, 0.6) is 0 Å². The molecule has 2 aromatic rings. The predicted octanol–water partition coefficient (Wildman–Crippen LogP) is 3.89. The molecule has 2 aromatic carbocycles. The van der Waals surface area contributed by atoms with Gasteiger partial charge in [0, 0.05) is 16.2 Å². The molecular formula is C17H14BrNO3. The summed E-state index contributed by atoms with van der Waals surface area (Å²) in [6, 6.07) is 14.2. The third kappa shape index (κ3) is 4.30. The number of nitrogens with one attached hydrogen (secondary N) is 1. The molecule has 0 saturated carbocycles. The summed E-state index contributed by atoms with van der Waals surface area (Å²) in [6.07, 6.45) is 3.15. The maximum atomic E-state index is 11.9. The average Bonchev–Trinajstić information content (AvgIpc) is 2.53. The van der Waals surface area contributed by atoms with Crippen LogP contribution in [0.3, 0.4) is 0 Å². The first-order valence-electron chi connectivity index (χ1n) is 6.52. The van der Waals surface area contributed by atoms with Crippen molar-refractivity contribution < 1.29 is 14.3 Å². The van der Waals surface area contributed by atoms with Crippen molar-refractivity contribution in [2.75, 3.05) is 12.4 Å². The van der Waals surface area contributed by atoms with E-state index in [1.165, 1.54) is 13.2 Å². The Kier molecular flexibility index (Phi) is 5.49. The van der Waals surface area contributed by atoms with Gasteiger partial charge in [0.25, 0.3) is 0 Å². The molecule has 0 aromatic heterocycles. The fourth-order valence-electron chi connectivity index (χ4n) is 1.80. The standard InChI is InChI=1S/C17H14BrNO3/c1-22-17(21)13-6-4-7-14(11-13)19-16(20)10-9-12-5-2-3-8-15(12)18/h2-11H,1H3,(H,19,20)/b10-9+. The van der Waals surface area contributed by atoms with Crippen molar-refractivity contribution in [2.24, 2.45) is 0 Å². The van der Waals surface area contributed by atoms with Gasteiger partial charge in [-0.05, 0) is 35.9 Å². The molecule has 0 atom stereocenters. The number of carbonyl (C=O) groups excluding carboxylic acids is 2. The van der Waals surface area contributed by atoms with Crippen molar-refractivity contribution in [3.05, 3.63) is 70.2 Å². The number of hydrogen-bond acceptors (Lipinski definition) is 3. The molecule has 0 radical (unpaired) electrons. The molecule has 1 amide bonds. The highest BCUT2D eigenvalue weighted by Crippen LogP contribution is 2.17. The molecule has 5 heteroatoms. The third-order valence-corrected chi connectivity index (χ3v) is 3.59. The Balaban J connectivity index is 2.06. The molecule has 0 fully saturated rings. The highest BCUT2D eigenvalue weighted by molar-refractivity contribution is 9.10. The smallest absolute Gasteiger partial charge is 0.337 e. The number of rotatable bonds is 4. The summed E-state index contributed by atoms with van der Waals surface area (Å²) < 4.78 is 5.55. The van der Waals surface area contributed by atoms with E-state index in [2.05, 4.69) is 26.0 Å². The predicted molar refractivity (Wildman–Crippen MR) is 89.6 cm³/mol. The van der Waals surface area contributed by atoms with Crippen LogP contribution in [0.4, 0.5) is 5.69 Å². The molecule has 0 spiro atoms. The normalized spacial score (nSPS) is 10.5. The minimum atomic E-state index is -0.445. The summed E-state index contributed by atoms with van der Waals surface area (Å²) in [4.78, 5) is 23.4. The molecule has 112 valence electrons. The lowest BCUT2D eigenvalue weighted by Crippen LogP contribution is -2.09. The fourth-order valence-corrected chi connectivity index (χ4v) is 2.22. The number of hydrogen-bond donors (Lipinski definition) is 1. The van der Waals surface area contributed by atoms with Crippen molar-refractivity contribution in [1.82, 2.24) is 0 Å². The second kappa shape index (κ2) is 7.56. The number of methoxy groups -OCH3 is 1. The lowest BCUT2D eigenvalue weighted by atomic mass is 10.2. The summed E-state index contributed by atoms with van der Waals surface area (Å²) in [5.41, 5.74) is 1.82. The van der Waals surface area contributed by atoms with Gasteiger partial charge < -0.3 is 10.1 Å². The second-order valence-electron chi connectivity index (χ2n) is 4.42. The number of amides is 1. The second-order valence-corrected chi connectivity index (χ2v) is 5.27. The van der Waals surface area contributed by atoms with E-state index in [-0.39, 0.29) is 5.91 Å². The minimum Gasteiger partial charge on any atom is -0.465 e. The zero-order valence-corrected chi connectivity index (χ0v) is 13.5. The molecule has 0 aliphatic rings. The Morgan fingerprint density at radius 2 is 1.91 bits per heavy atom. The summed E-state index contributed by atoms with van der Waals surface area (Å²) in [6.45, 7) is 0. The van der Waals surface area contributed by atoms with Gasteiger partial charge in [-0.1, -0.05) is 40.2 Å². The van der Waals surface area contributed by atoms with Gasteiger partial charge in [-0.3, -0.25) is 4.79 Å². The van der Waals surface area contributed by atoms with E-state index < -0.39 is 5.97 Å². The van der Waals surface area contributed by atoms with Crippen LogP contribution in [0.15, 0.2) is 59.1 Å². The van der Waals surface area contributed by atoms with Crippen molar-refractivity contribution >= 4 is 39.6 Å². The summed E-state index contributed by atoms with van der Waals surface area (Å²) in [5, 5.41) is 2.70. The van der Waals surface area contributed by atoms with Crippen LogP contribution in [-0.4, -0.2) is 19.0 Å². The number of ether oxygens (including phenoxy) is 1. The Labute approximate surface area is 136 Å². The first kappa shape index (κ1) is 16.0. The van der Waals surface area contributed by atoms with Gasteiger partial charge in [-0.25, -0.2) is 4.79 Å². The van der Waals surface area contributed by atoms with Crippen LogP contribution < -0.4 is 5.32 Å². The van der Waals surface area contributed by atoms with Crippen molar-refractivity contribution in [3.63, 3.8) is 0 Å². The third-order valence-electron chi connectivity index (χ3n) is 2.87. The van der Waals surface area contributed by atoms with Crippen LogP contribution in [0.2, 0.25) is 0 Å². The van der Waals surface area contributed by atoms with E-state index in [4.69, 9.17) is 0 Å². The van der Waals surface area contributed by atoms with E-state index >= 15 is 0 Å². The van der Waals surface area contributed by atoms with E-state index in [1.54, 1.807) is 30.3 Å². The van der Waals surface area contributed by atoms with Gasteiger partial charge in [0.2, 0.25) is 5.91 Å². The van der Waals surface area contributed by atoms with E-state index in [0.717, 1.165) is 10.0 Å². The van der Waals surface area contributed by atoms with Gasteiger partial charge in [0.15, 0.2) is 0 Å². The highest BCUT2D eigenvalue weighted by Gasteiger charge is 2.06. The fraction of sp³-hybridized carbons (Fsp3) is 0.0588. The lowest BCUT2D eigenvalue weighted by Gasteiger charge is -2.04. The molecule has 0 saturated heterocycles. The largest absolute Gasteiger partial charge is 0.465 e. The molecule has 0 bridgehead atoms. The van der Waals surface area contributed by atoms with E-state index in [1.807, 2.05) is 24.3 Å². The number of carbonyl (C=O) groups is 2. The number of esters is 1. The van der Waals surface area contributed by atoms with Gasteiger partial charge in [-0.2, -0.15) is 0 Å². The molecule has 22 heavy (non-hydrogen) atoms. The molecule has 0 unspecified atom stereocenters. The van der Waals surface area contributed by atoms with Crippen LogP contribution >= 0.6 is 15.9 Å². The summed E-state index contributed by atoms with van der Waals surface area (Å²) in [5.74, 6) is -0.724. The maximum absolute atomic E-state index is 11.9. The zero-order chi connectivity index (χ0) is 15.9. The average molecular weight is 360 g/mol. The molecule has 1 N–H and O–H groups in total. The zero-order valence-electron chi connectivity index (χ0n) is 11.9. The molecule has 4 nitrogen and oxygen atoms in total. The van der Waals surface area contributed by atoms with Crippen molar-refractivity contribution in [2.45, 2.75) is 0 Å².